The number of nitriles is 1. The normalized spacial score (nSPS) is 11.7. The van der Waals surface area contributed by atoms with Gasteiger partial charge in [0.25, 0.3) is 0 Å². The molecular weight excluding hydrogens is 333 g/mol. The Balaban J connectivity index is 3.07. The minimum absolute atomic E-state index is 0.00474. The molecule has 0 saturated carbocycles. The Kier molecular flexibility index (Phi) is 5.51. The highest BCUT2D eigenvalue weighted by Gasteiger charge is 2.12. The summed E-state index contributed by atoms with van der Waals surface area (Å²) in [7, 11) is 1.60. The monoisotopic (exact) mass is 347 g/mol. The van der Waals surface area contributed by atoms with Gasteiger partial charge in [-0.15, -0.1) is 0 Å². The number of hydrogen-bond donors (Lipinski definition) is 1. The van der Waals surface area contributed by atoms with Crippen LogP contribution < -0.4 is 9.47 Å². The molecule has 0 aliphatic rings. The van der Waals surface area contributed by atoms with Crippen molar-refractivity contribution in [3.8, 4) is 17.6 Å². The van der Waals surface area contributed by atoms with Crippen LogP contribution in [0.25, 0.3) is 0 Å². The van der Waals surface area contributed by atoms with Crippen molar-refractivity contribution in [2.24, 2.45) is 0 Å². The second-order valence-electron chi connectivity index (χ2n) is 3.59. The van der Waals surface area contributed by atoms with Crippen LogP contribution in [-0.4, -0.2) is 24.9 Å². The van der Waals surface area contributed by atoms with E-state index in [4.69, 9.17) is 14.7 Å². The van der Waals surface area contributed by atoms with Crippen molar-refractivity contribution in [3.63, 3.8) is 0 Å². The van der Waals surface area contributed by atoms with Gasteiger partial charge < -0.3 is 14.6 Å². The Labute approximate surface area is 114 Å². The lowest BCUT2D eigenvalue weighted by Crippen LogP contribution is -2.07. The van der Waals surface area contributed by atoms with Crippen molar-refractivity contribution < 1.29 is 14.6 Å². The Morgan fingerprint density at radius 2 is 2.18 bits per heavy atom. The maximum atomic E-state index is 9.43. The van der Waals surface area contributed by atoms with Gasteiger partial charge in [-0.1, -0.05) is 0 Å². The van der Waals surface area contributed by atoms with E-state index in [0.29, 0.717) is 12.2 Å². The molecule has 17 heavy (non-hydrogen) atoms. The second kappa shape index (κ2) is 6.67. The van der Waals surface area contributed by atoms with Crippen molar-refractivity contribution >= 4 is 22.6 Å². The summed E-state index contributed by atoms with van der Waals surface area (Å²) >= 11 is 2.14. The number of ether oxygens (including phenoxy) is 2. The SMILES string of the molecule is COc1cc(CC(C)O)c(OCC#N)cc1I. The van der Waals surface area contributed by atoms with Crippen molar-refractivity contribution in [1.29, 1.82) is 5.26 Å². The molecule has 0 saturated heterocycles. The average Bonchev–Trinajstić information content (AvgIpc) is 2.28. The topological polar surface area (TPSA) is 62.5 Å². The highest BCUT2D eigenvalue weighted by Crippen LogP contribution is 2.30. The highest BCUT2D eigenvalue weighted by molar-refractivity contribution is 14.1. The maximum absolute atomic E-state index is 9.43. The lowest BCUT2D eigenvalue weighted by molar-refractivity contribution is 0.193. The molecule has 0 spiro atoms. The summed E-state index contributed by atoms with van der Waals surface area (Å²) in [4.78, 5) is 0. The molecular formula is C12H14INO3. The average molecular weight is 347 g/mol. The molecule has 0 aliphatic carbocycles. The van der Waals surface area contributed by atoms with E-state index >= 15 is 0 Å². The lowest BCUT2D eigenvalue weighted by atomic mass is 10.1. The first kappa shape index (κ1) is 14.1. The van der Waals surface area contributed by atoms with Crippen molar-refractivity contribution in [1.82, 2.24) is 0 Å². The Morgan fingerprint density at radius 1 is 1.47 bits per heavy atom. The molecule has 5 heteroatoms. The van der Waals surface area contributed by atoms with E-state index in [1.165, 1.54) is 0 Å². The predicted octanol–water partition coefficient (Wildman–Crippen LogP) is 2.13. The maximum Gasteiger partial charge on any atom is 0.174 e. The van der Waals surface area contributed by atoms with E-state index < -0.39 is 6.10 Å². The van der Waals surface area contributed by atoms with Crippen LogP contribution in [0.1, 0.15) is 12.5 Å². The van der Waals surface area contributed by atoms with Gasteiger partial charge >= 0.3 is 0 Å². The lowest BCUT2D eigenvalue weighted by Gasteiger charge is -2.14. The van der Waals surface area contributed by atoms with Gasteiger partial charge in [0.15, 0.2) is 6.61 Å². The first-order valence-electron chi connectivity index (χ1n) is 5.12. The summed E-state index contributed by atoms with van der Waals surface area (Å²) in [6, 6.07) is 5.57. The minimum Gasteiger partial charge on any atom is -0.496 e. The number of hydrogen-bond acceptors (Lipinski definition) is 4. The zero-order valence-corrected chi connectivity index (χ0v) is 11.9. The van der Waals surface area contributed by atoms with Gasteiger partial charge in [-0.2, -0.15) is 5.26 Å². The standard InChI is InChI=1S/C12H14INO3/c1-8(15)5-9-6-12(16-2)10(13)7-11(9)17-4-3-14/h6-8,15H,4-5H2,1-2H3. The van der Waals surface area contributed by atoms with Gasteiger partial charge in [-0.3, -0.25) is 0 Å². The zero-order chi connectivity index (χ0) is 12.8. The molecule has 0 aromatic heterocycles. The molecule has 1 rings (SSSR count). The first-order chi connectivity index (χ1) is 8.08. The van der Waals surface area contributed by atoms with Crippen molar-refractivity contribution in [3.05, 3.63) is 21.3 Å². The zero-order valence-electron chi connectivity index (χ0n) is 9.74. The smallest absolute Gasteiger partial charge is 0.174 e. The molecule has 0 bridgehead atoms. The third kappa shape index (κ3) is 4.06. The fraction of sp³-hybridized carbons (Fsp3) is 0.417. The van der Waals surface area contributed by atoms with Gasteiger partial charge in [0.2, 0.25) is 0 Å². The third-order valence-electron chi connectivity index (χ3n) is 2.14. The van der Waals surface area contributed by atoms with Crippen LogP contribution in [0.2, 0.25) is 0 Å². The third-order valence-corrected chi connectivity index (χ3v) is 2.99. The summed E-state index contributed by atoms with van der Waals surface area (Å²) in [5.74, 6) is 1.36. The van der Waals surface area contributed by atoms with Gasteiger partial charge in [0.1, 0.15) is 17.6 Å². The molecule has 0 fully saturated rings. The molecule has 1 N–H and O–H groups in total. The van der Waals surface area contributed by atoms with Gasteiger partial charge in [-0.25, -0.2) is 0 Å². The molecule has 0 heterocycles. The van der Waals surface area contributed by atoms with Crippen molar-refractivity contribution in [2.45, 2.75) is 19.4 Å². The summed E-state index contributed by atoms with van der Waals surface area (Å²) in [6.07, 6.45) is -0.00202. The van der Waals surface area contributed by atoms with E-state index in [1.54, 1.807) is 14.0 Å². The number of rotatable bonds is 5. The van der Waals surface area contributed by atoms with E-state index in [-0.39, 0.29) is 6.61 Å². The van der Waals surface area contributed by atoms with Crippen LogP contribution >= 0.6 is 22.6 Å². The Hall–Kier alpha value is -1.00. The number of nitrogens with zero attached hydrogens (tertiary/aromatic N) is 1. The van der Waals surface area contributed by atoms with Crippen LogP contribution in [-0.2, 0) is 6.42 Å². The Bertz CT molecular complexity index is 426. The van der Waals surface area contributed by atoms with Crippen molar-refractivity contribution in [2.75, 3.05) is 13.7 Å². The van der Waals surface area contributed by atoms with Crippen LogP contribution in [0.3, 0.4) is 0 Å². The molecule has 1 unspecified atom stereocenters. The van der Waals surface area contributed by atoms with Crippen LogP contribution in [0.4, 0.5) is 0 Å². The summed E-state index contributed by atoms with van der Waals surface area (Å²) in [6.45, 7) is 1.70. The number of halogens is 1. The summed E-state index contributed by atoms with van der Waals surface area (Å²) in [5, 5.41) is 17.9. The van der Waals surface area contributed by atoms with Gasteiger partial charge in [0.05, 0.1) is 16.8 Å². The first-order valence-corrected chi connectivity index (χ1v) is 6.20. The largest absolute Gasteiger partial charge is 0.496 e. The van der Waals surface area contributed by atoms with Gasteiger partial charge in [0, 0.05) is 12.0 Å². The molecule has 0 radical (unpaired) electrons. The molecule has 0 aliphatic heterocycles. The van der Waals surface area contributed by atoms with E-state index in [9.17, 15) is 5.11 Å². The van der Waals surface area contributed by atoms with Gasteiger partial charge in [-0.05, 0) is 41.6 Å². The fourth-order valence-electron chi connectivity index (χ4n) is 1.46. The van der Waals surface area contributed by atoms with E-state index in [0.717, 1.165) is 14.9 Å². The van der Waals surface area contributed by atoms with Crippen LogP contribution in [0.15, 0.2) is 12.1 Å². The molecule has 4 nitrogen and oxygen atoms in total. The Morgan fingerprint density at radius 3 is 2.71 bits per heavy atom. The van der Waals surface area contributed by atoms with Crippen LogP contribution in [0.5, 0.6) is 11.5 Å². The predicted molar refractivity (Wildman–Crippen MR) is 72.2 cm³/mol. The van der Waals surface area contributed by atoms with E-state index in [2.05, 4.69) is 22.6 Å². The molecule has 1 aromatic rings. The molecule has 1 aromatic carbocycles. The number of benzene rings is 1. The number of aliphatic hydroxyl groups is 1. The quantitative estimate of drug-likeness (QED) is 0.829. The van der Waals surface area contributed by atoms with Crippen LogP contribution in [0, 0.1) is 14.9 Å². The molecule has 1 atom stereocenters. The fourth-order valence-corrected chi connectivity index (χ4v) is 2.11. The highest BCUT2D eigenvalue weighted by atomic mass is 127. The number of aliphatic hydroxyl groups excluding tert-OH is 1. The second-order valence-corrected chi connectivity index (χ2v) is 4.76. The summed E-state index contributed by atoms with van der Waals surface area (Å²) in [5.41, 5.74) is 0.840. The molecule has 0 amide bonds. The minimum atomic E-state index is -0.468. The summed E-state index contributed by atoms with van der Waals surface area (Å²) < 4.78 is 11.5. The number of methoxy groups -OCH3 is 1. The van der Waals surface area contributed by atoms with E-state index in [1.807, 2.05) is 18.2 Å². The molecule has 92 valence electrons.